The monoisotopic (exact) mass is 791 g/mol. The van der Waals surface area contributed by atoms with Crippen LogP contribution in [0.4, 0.5) is 0 Å². The van der Waals surface area contributed by atoms with Gasteiger partial charge in [-0.2, -0.15) is 0 Å². The number of nitrogens with one attached hydrogen (secondary N) is 4. The second-order valence-corrected chi connectivity index (χ2v) is 24.9. The van der Waals surface area contributed by atoms with Crippen LogP contribution in [0.3, 0.4) is 0 Å². The molecule has 0 aromatic heterocycles. The summed E-state index contributed by atoms with van der Waals surface area (Å²) in [5.74, 6) is -0.667. The molecule has 0 aromatic carbocycles. The quantitative estimate of drug-likeness (QED) is 0.0315. The van der Waals surface area contributed by atoms with Crippen LogP contribution in [0.15, 0.2) is 12.2 Å². The maximum atomic E-state index is 12.1. The van der Waals surface area contributed by atoms with Crippen LogP contribution in [-0.2, 0) is 32.7 Å². The molecule has 0 saturated heterocycles. The van der Waals surface area contributed by atoms with Crippen LogP contribution < -0.4 is 21.3 Å². The molecule has 6 atom stereocenters. The number of carbonyl (C=O) groups excluding carboxylic acids is 2. The molecular weight excluding hydrogens is 711 g/mol. The Morgan fingerprint density at radius 3 is 1.47 bits per heavy atom. The second kappa shape index (κ2) is 29.9. The van der Waals surface area contributed by atoms with Crippen molar-refractivity contribution >= 4 is 36.4 Å². The minimum atomic E-state index is -1.92. The van der Waals surface area contributed by atoms with E-state index in [1.54, 1.807) is 0 Å². The number of aliphatic hydroxyl groups is 2. The Morgan fingerprint density at radius 1 is 0.679 bits per heavy atom. The van der Waals surface area contributed by atoms with E-state index in [-0.39, 0.29) is 57.2 Å². The van der Waals surface area contributed by atoms with E-state index in [0.29, 0.717) is 44.4 Å². The highest BCUT2D eigenvalue weighted by atomic mass is 28.4. The van der Waals surface area contributed by atoms with Crippen LogP contribution in [0.2, 0.25) is 38.3 Å². The summed E-state index contributed by atoms with van der Waals surface area (Å²) in [4.78, 5) is 24.1. The van der Waals surface area contributed by atoms with E-state index < -0.39 is 28.8 Å². The highest BCUT2D eigenvalue weighted by Crippen LogP contribution is 2.24. The first-order valence-electron chi connectivity index (χ1n) is 19.9. The zero-order valence-corrected chi connectivity index (χ0v) is 37.2. The fourth-order valence-corrected chi connectivity index (χ4v) is 14.6. The van der Waals surface area contributed by atoms with Gasteiger partial charge in [0, 0.05) is 50.5 Å². The van der Waals surface area contributed by atoms with E-state index in [4.69, 9.17) is 23.1 Å². The molecule has 16 heteroatoms. The second-order valence-electron chi connectivity index (χ2n) is 16.0. The summed E-state index contributed by atoms with van der Waals surface area (Å²) in [6, 6.07) is 3.32. The summed E-state index contributed by atoms with van der Waals surface area (Å²) in [5, 5.41) is 33.6. The Hall–Kier alpha value is -1.34. The molecule has 0 bridgehead atoms. The van der Waals surface area contributed by atoms with Gasteiger partial charge in [0.25, 0.3) is 0 Å². The minimum Gasteiger partial charge on any atom is -0.463 e. The van der Waals surface area contributed by atoms with Crippen molar-refractivity contribution in [3.05, 3.63) is 12.2 Å². The fourth-order valence-electron chi connectivity index (χ4n) is 5.79. The molecule has 0 rings (SSSR count). The lowest BCUT2D eigenvalue weighted by Crippen LogP contribution is -2.44. The third-order valence-electron chi connectivity index (χ3n) is 8.88. The fraction of sp³-hybridized carbons (Fsp3) is 0.892. The molecule has 0 amide bonds. The zero-order chi connectivity index (χ0) is 40.3. The number of ether oxygens (including phenoxy) is 4. The van der Waals surface area contributed by atoms with E-state index in [0.717, 1.165) is 56.2 Å². The molecule has 13 nitrogen and oxygen atoms in total. The topological polar surface area (TPSA) is 169 Å². The number of esters is 2. The molecule has 0 spiro atoms. The number of carbonyl (C=O) groups is 2. The molecule has 0 radical (unpaired) electrons. The smallest absolute Gasteiger partial charge is 0.307 e. The minimum absolute atomic E-state index is 0.0692. The van der Waals surface area contributed by atoms with Gasteiger partial charge in [-0.05, 0) is 117 Å². The molecule has 0 aliphatic rings. The van der Waals surface area contributed by atoms with Crippen LogP contribution >= 0.6 is 0 Å². The van der Waals surface area contributed by atoms with Gasteiger partial charge in [-0.15, -0.1) is 0 Å². The van der Waals surface area contributed by atoms with Gasteiger partial charge in [-0.3, -0.25) is 9.59 Å². The SMILES string of the molecule is BC(=C)NC(C)CCC(C)NCCC(=O)OCC(O)COCCC[Si](C)(C)O[Si](C)(C)CCCOCC(O)COC(=O)CCNC(C)CCC(C)NC. The maximum absolute atomic E-state index is 12.1. The van der Waals surface area contributed by atoms with Crippen LogP contribution in [0, 0.1) is 0 Å². The summed E-state index contributed by atoms with van der Waals surface area (Å²) in [5.41, 5.74) is 0.963. The van der Waals surface area contributed by atoms with Crippen molar-refractivity contribution in [2.45, 2.75) is 154 Å². The molecule has 0 aliphatic carbocycles. The van der Waals surface area contributed by atoms with Gasteiger partial charge in [0.1, 0.15) is 25.4 Å². The van der Waals surface area contributed by atoms with Gasteiger partial charge in [-0.1, -0.05) is 6.58 Å². The molecule has 0 aromatic rings. The Morgan fingerprint density at radius 2 is 1.08 bits per heavy atom. The van der Waals surface area contributed by atoms with Gasteiger partial charge in [0.15, 0.2) is 24.5 Å². The van der Waals surface area contributed by atoms with E-state index in [1.165, 1.54) is 0 Å². The third kappa shape index (κ3) is 32.6. The van der Waals surface area contributed by atoms with Crippen LogP contribution in [0.5, 0.6) is 0 Å². The van der Waals surface area contributed by atoms with E-state index in [1.807, 2.05) is 14.9 Å². The average Bonchev–Trinajstić information content (AvgIpc) is 3.06. The first-order chi connectivity index (χ1) is 24.8. The summed E-state index contributed by atoms with van der Waals surface area (Å²) in [6.45, 7) is 23.5. The summed E-state index contributed by atoms with van der Waals surface area (Å²) in [7, 11) is 0.0722. The molecule has 6 N–H and O–H groups in total. The lowest BCUT2D eigenvalue weighted by Gasteiger charge is -2.34. The molecule has 0 saturated carbocycles. The van der Waals surface area contributed by atoms with Crippen molar-refractivity contribution < 1.29 is 42.9 Å². The molecule has 0 aliphatic heterocycles. The van der Waals surface area contributed by atoms with Crippen molar-refractivity contribution in [3.63, 3.8) is 0 Å². The van der Waals surface area contributed by atoms with Crippen molar-refractivity contribution in [3.8, 4) is 0 Å². The molecule has 0 heterocycles. The Labute approximate surface area is 325 Å². The van der Waals surface area contributed by atoms with Crippen molar-refractivity contribution in [1.29, 1.82) is 0 Å². The average molecular weight is 791 g/mol. The highest BCUT2D eigenvalue weighted by Gasteiger charge is 2.32. The van der Waals surface area contributed by atoms with Gasteiger partial charge in [0.05, 0.1) is 26.1 Å². The summed E-state index contributed by atoms with van der Waals surface area (Å²) < 4.78 is 28.5. The Kier molecular flexibility index (Phi) is 29.1. The first kappa shape index (κ1) is 51.7. The van der Waals surface area contributed by atoms with Gasteiger partial charge in [-0.25, -0.2) is 0 Å². The van der Waals surface area contributed by atoms with E-state index >= 15 is 0 Å². The summed E-state index contributed by atoms with van der Waals surface area (Å²) >= 11 is 0. The highest BCUT2D eigenvalue weighted by molar-refractivity contribution is 6.84. The Balaban J connectivity index is 3.98. The van der Waals surface area contributed by atoms with Gasteiger partial charge in [0.2, 0.25) is 0 Å². The molecule has 312 valence electrons. The number of aliphatic hydroxyl groups excluding tert-OH is 2. The molecule has 0 fully saturated rings. The van der Waals surface area contributed by atoms with Gasteiger partial charge < -0.3 is 54.5 Å². The zero-order valence-electron chi connectivity index (χ0n) is 35.2. The van der Waals surface area contributed by atoms with Crippen molar-refractivity contribution in [2.24, 2.45) is 0 Å². The van der Waals surface area contributed by atoms with Crippen LogP contribution in [-0.4, -0.2) is 143 Å². The Bertz CT molecular complexity index is 987. The predicted octanol–water partition coefficient (Wildman–Crippen LogP) is 3.02. The molecule has 53 heavy (non-hydrogen) atoms. The predicted molar refractivity (Wildman–Crippen MR) is 222 cm³/mol. The van der Waals surface area contributed by atoms with E-state index in [9.17, 15) is 19.8 Å². The van der Waals surface area contributed by atoms with E-state index in [2.05, 4.69) is 81.7 Å². The lowest BCUT2D eigenvalue weighted by molar-refractivity contribution is -0.148. The van der Waals surface area contributed by atoms with Gasteiger partial charge >= 0.3 is 11.9 Å². The largest absolute Gasteiger partial charge is 0.463 e. The number of hydrogen-bond donors (Lipinski definition) is 6. The third-order valence-corrected chi connectivity index (χ3v) is 16.4. The lowest BCUT2D eigenvalue weighted by atomic mass is 10.0. The molecule has 6 unspecified atom stereocenters. The molecular formula is C37H79BN4O9Si2. The van der Waals surface area contributed by atoms with Crippen LogP contribution in [0.25, 0.3) is 0 Å². The van der Waals surface area contributed by atoms with Crippen molar-refractivity contribution in [2.75, 3.05) is 59.8 Å². The maximum Gasteiger partial charge on any atom is 0.307 e. The number of rotatable bonds is 35. The van der Waals surface area contributed by atoms with Crippen LogP contribution in [0.1, 0.15) is 79.1 Å². The van der Waals surface area contributed by atoms with Crippen molar-refractivity contribution in [1.82, 2.24) is 21.3 Å². The first-order valence-corrected chi connectivity index (χ1v) is 26.2. The summed E-state index contributed by atoms with van der Waals surface area (Å²) in [6.07, 6.45) is 4.56. The number of hydrogen-bond acceptors (Lipinski definition) is 13. The normalized spacial score (nSPS) is 15.6. The standard InChI is InChI=1S/C37H79BN4O9Si2/c1-29(39-6)13-14-30(2)40-19-17-36(45)49-27-34(43)25-47-21-11-23-52(7,8)51-53(9,10)24-12-22-48-26-35(44)28-50-37(46)18-20-41-31(3)15-16-32(4)42-33(5)38/h29-32,34-35,39-44H,5,11-28,38H2,1-4,6-10H3.